The van der Waals surface area contributed by atoms with Crippen molar-refractivity contribution in [3.05, 3.63) is 0 Å². The number of carbonyl (C=O) groups is 1. The molecule has 2 aliphatic heterocycles. The molecule has 92 valence electrons. The van der Waals surface area contributed by atoms with Crippen LogP contribution in [0.1, 0.15) is 40.0 Å². The lowest BCUT2D eigenvalue weighted by Crippen LogP contribution is -2.47. The summed E-state index contributed by atoms with van der Waals surface area (Å²) in [4.78, 5) is 16.1. The van der Waals surface area contributed by atoms with Crippen LogP contribution >= 0.6 is 0 Å². The molecule has 2 aliphatic rings. The molecule has 2 rings (SSSR count). The first-order valence-electron chi connectivity index (χ1n) is 6.52. The summed E-state index contributed by atoms with van der Waals surface area (Å²) in [5.74, 6) is 0.252. The third-order valence-electron chi connectivity index (χ3n) is 4.30. The van der Waals surface area contributed by atoms with Crippen molar-refractivity contribution in [3.8, 4) is 0 Å². The lowest BCUT2D eigenvalue weighted by atomic mass is 9.79. The summed E-state index contributed by atoms with van der Waals surface area (Å²) in [7, 11) is 0. The van der Waals surface area contributed by atoms with Crippen molar-refractivity contribution < 1.29 is 4.79 Å². The Morgan fingerprint density at radius 3 is 2.50 bits per heavy atom. The van der Waals surface area contributed by atoms with E-state index in [-0.39, 0.29) is 5.91 Å². The van der Waals surface area contributed by atoms with E-state index >= 15 is 0 Å². The molecule has 0 saturated carbocycles. The fraction of sp³-hybridized carbons (Fsp3) is 0.923. The molecule has 0 aromatic carbocycles. The van der Waals surface area contributed by atoms with Crippen LogP contribution in [0.3, 0.4) is 0 Å². The minimum absolute atomic E-state index is 0.252. The van der Waals surface area contributed by atoms with Gasteiger partial charge in [0.1, 0.15) is 0 Å². The number of hydrogen-bond acceptors (Lipinski definition) is 2. The van der Waals surface area contributed by atoms with E-state index in [2.05, 4.69) is 18.7 Å². The van der Waals surface area contributed by atoms with Crippen LogP contribution in [0.25, 0.3) is 0 Å². The maximum atomic E-state index is 11.5. The standard InChI is InChI=1S/C13H24N2O/c1-11(2)14-8-6-13(9-14)5-4-7-15(10-13)12(3)16/h11H,4-10H2,1-3H3. The van der Waals surface area contributed by atoms with E-state index in [4.69, 9.17) is 0 Å². The van der Waals surface area contributed by atoms with Gasteiger partial charge in [0.2, 0.25) is 5.91 Å². The van der Waals surface area contributed by atoms with Gasteiger partial charge < -0.3 is 9.80 Å². The zero-order chi connectivity index (χ0) is 11.8. The van der Waals surface area contributed by atoms with E-state index in [1.165, 1.54) is 32.4 Å². The number of likely N-dealkylation sites (tertiary alicyclic amines) is 2. The summed E-state index contributed by atoms with van der Waals surface area (Å²) < 4.78 is 0. The molecule has 16 heavy (non-hydrogen) atoms. The molecule has 0 bridgehead atoms. The van der Waals surface area contributed by atoms with Gasteiger partial charge in [-0.15, -0.1) is 0 Å². The first kappa shape index (κ1) is 11.9. The van der Waals surface area contributed by atoms with Crippen LogP contribution in [-0.2, 0) is 4.79 Å². The van der Waals surface area contributed by atoms with Crippen LogP contribution < -0.4 is 0 Å². The number of nitrogens with zero attached hydrogens (tertiary/aromatic N) is 2. The zero-order valence-corrected chi connectivity index (χ0v) is 10.8. The highest BCUT2D eigenvalue weighted by Gasteiger charge is 2.42. The van der Waals surface area contributed by atoms with E-state index in [0.29, 0.717) is 11.5 Å². The van der Waals surface area contributed by atoms with Crippen LogP contribution in [0.15, 0.2) is 0 Å². The van der Waals surface area contributed by atoms with Crippen molar-refractivity contribution in [3.63, 3.8) is 0 Å². The SMILES string of the molecule is CC(=O)N1CCCC2(CCN(C(C)C)C2)C1. The first-order valence-corrected chi connectivity index (χ1v) is 6.52. The zero-order valence-electron chi connectivity index (χ0n) is 10.8. The van der Waals surface area contributed by atoms with Crippen molar-refractivity contribution in [1.29, 1.82) is 0 Å². The summed E-state index contributed by atoms with van der Waals surface area (Å²) >= 11 is 0. The van der Waals surface area contributed by atoms with E-state index < -0.39 is 0 Å². The minimum Gasteiger partial charge on any atom is -0.342 e. The first-order chi connectivity index (χ1) is 7.52. The highest BCUT2D eigenvalue weighted by atomic mass is 16.2. The Balaban J connectivity index is 2.01. The highest BCUT2D eigenvalue weighted by Crippen LogP contribution is 2.39. The number of piperidine rings is 1. The van der Waals surface area contributed by atoms with Crippen LogP contribution in [0.4, 0.5) is 0 Å². The van der Waals surface area contributed by atoms with Gasteiger partial charge in [-0.1, -0.05) is 0 Å². The second-order valence-electron chi connectivity index (χ2n) is 5.86. The molecule has 1 spiro atoms. The average Bonchev–Trinajstić information content (AvgIpc) is 2.62. The predicted molar refractivity (Wildman–Crippen MR) is 65.2 cm³/mol. The Morgan fingerprint density at radius 2 is 1.94 bits per heavy atom. The predicted octanol–water partition coefficient (Wildman–Crippen LogP) is 1.73. The Hall–Kier alpha value is -0.570. The molecule has 0 radical (unpaired) electrons. The van der Waals surface area contributed by atoms with Crippen molar-refractivity contribution >= 4 is 5.91 Å². The largest absolute Gasteiger partial charge is 0.342 e. The maximum Gasteiger partial charge on any atom is 0.219 e. The third kappa shape index (κ3) is 2.24. The Labute approximate surface area is 98.8 Å². The minimum atomic E-state index is 0.252. The molecule has 1 atom stereocenters. The molecular weight excluding hydrogens is 200 g/mol. The van der Waals surface area contributed by atoms with Gasteiger partial charge in [0.05, 0.1) is 0 Å². The summed E-state index contributed by atoms with van der Waals surface area (Å²) in [6.07, 6.45) is 3.76. The Morgan fingerprint density at radius 1 is 1.19 bits per heavy atom. The van der Waals surface area contributed by atoms with Gasteiger partial charge in [-0.05, 0) is 39.7 Å². The number of rotatable bonds is 1. The van der Waals surface area contributed by atoms with E-state index in [0.717, 1.165) is 13.1 Å². The number of amides is 1. The fourth-order valence-electron chi connectivity index (χ4n) is 3.22. The molecule has 2 heterocycles. The number of carbonyl (C=O) groups excluding carboxylic acids is 1. The summed E-state index contributed by atoms with van der Waals surface area (Å²) in [6, 6.07) is 0.645. The van der Waals surface area contributed by atoms with Crippen LogP contribution in [0, 0.1) is 5.41 Å². The monoisotopic (exact) mass is 224 g/mol. The molecule has 0 N–H and O–H groups in total. The third-order valence-corrected chi connectivity index (χ3v) is 4.30. The lowest BCUT2D eigenvalue weighted by Gasteiger charge is -2.40. The van der Waals surface area contributed by atoms with Crippen LogP contribution in [0.5, 0.6) is 0 Å². The van der Waals surface area contributed by atoms with E-state index in [1.807, 2.05) is 4.90 Å². The van der Waals surface area contributed by atoms with E-state index in [1.54, 1.807) is 6.92 Å². The van der Waals surface area contributed by atoms with Gasteiger partial charge in [-0.3, -0.25) is 4.79 Å². The molecule has 0 aliphatic carbocycles. The van der Waals surface area contributed by atoms with Crippen LogP contribution in [0.2, 0.25) is 0 Å². The molecule has 0 aromatic heterocycles. The maximum absolute atomic E-state index is 11.5. The summed E-state index contributed by atoms with van der Waals surface area (Å²) in [5, 5.41) is 0. The topological polar surface area (TPSA) is 23.6 Å². The molecule has 2 saturated heterocycles. The van der Waals surface area contributed by atoms with Gasteiger partial charge in [-0.2, -0.15) is 0 Å². The second-order valence-corrected chi connectivity index (χ2v) is 5.86. The Bertz CT molecular complexity index is 277. The van der Waals surface area contributed by atoms with Crippen molar-refractivity contribution in [2.75, 3.05) is 26.2 Å². The van der Waals surface area contributed by atoms with Gasteiger partial charge >= 0.3 is 0 Å². The van der Waals surface area contributed by atoms with Crippen LogP contribution in [-0.4, -0.2) is 47.9 Å². The molecule has 2 fully saturated rings. The fourth-order valence-corrected chi connectivity index (χ4v) is 3.22. The smallest absolute Gasteiger partial charge is 0.219 e. The molecule has 0 aromatic rings. The summed E-state index contributed by atoms with van der Waals surface area (Å²) in [5.41, 5.74) is 0.411. The normalized spacial score (nSPS) is 31.6. The van der Waals surface area contributed by atoms with Gasteiger partial charge in [-0.25, -0.2) is 0 Å². The molecule has 3 nitrogen and oxygen atoms in total. The quantitative estimate of drug-likeness (QED) is 0.677. The van der Waals surface area contributed by atoms with Crippen molar-refractivity contribution in [2.24, 2.45) is 5.41 Å². The van der Waals surface area contributed by atoms with Gasteiger partial charge in [0, 0.05) is 38.0 Å². The second kappa shape index (κ2) is 4.36. The summed E-state index contributed by atoms with van der Waals surface area (Å²) in [6.45, 7) is 10.6. The van der Waals surface area contributed by atoms with Crippen molar-refractivity contribution in [1.82, 2.24) is 9.80 Å². The van der Waals surface area contributed by atoms with Gasteiger partial charge in [0.25, 0.3) is 0 Å². The molecular formula is C13H24N2O. The molecule has 1 unspecified atom stereocenters. The molecule has 1 amide bonds. The Kier molecular flexibility index (Phi) is 3.24. The van der Waals surface area contributed by atoms with Crippen molar-refractivity contribution in [2.45, 2.75) is 46.1 Å². The average molecular weight is 224 g/mol. The van der Waals surface area contributed by atoms with E-state index in [9.17, 15) is 4.79 Å². The highest BCUT2D eigenvalue weighted by molar-refractivity contribution is 5.73. The molecule has 3 heteroatoms. The lowest BCUT2D eigenvalue weighted by molar-refractivity contribution is -0.132. The van der Waals surface area contributed by atoms with Gasteiger partial charge in [0.15, 0.2) is 0 Å². The number of hydrogen-bond donors (Lipinski definition) is 0.